The normalized spacial score (nSPS) is 16.2. The number of nitrogens with two attached hydrogens (primary N) is 1. The van der Waals surface area contributed by atoms with Crippen LogP contribution in [0.4, 0.5) is 5.69 Å². The second-order valence-corrected chi connectivity index (χ2v) is 6.38. The lowest BCUT2D eigenvalue weighted by Crippen LogP contribution is -2.34. The lowest BCUT2D eigenvalue weighted by atomic mass is 9.94. The Morgan fingerprint density at radius 1 is 1.22 bits per heavy atom. The van der Waals surface area contributed by atoms with E-state index in [0.29, 0.717) is 5.96 Å². The van der Waals surface area contributed by atoms with Crippen LogP contribution in [0.25, 0.3) is 0 Å². The molecule has 0 unspecified atom stereocenters. The van der Waals surface area contributed by atoms with Crippen molar-refractivity contribution >= 4 is 35.6 Å². The zero-order chi connectivity index (χ0) is 15.8. The number of nitrogens with zero attached hydrogens (tertiary/aromatic N) is 2. The third-order valence-electron chi connectivity index (χ3n) is 4.47. The van der Waals surface area contributed by atoms with Crippen LogP contribution in [0.5, 0.6) is 0 Å². The van der Waals surface area contributed by atoms with Crippen molar-refractivity contribution < 1.29 is 0 Å². The predicted octanol–water partition coefficient (Wildman–Crippen LogP) is 3.99. The van der Waals surface area contributed by atoms with Gasteiger partial charge in [-0.1, -0.05) is 37.0 Å². The van der Waals surface area contributed by atoms with E-state index in [1.807, 2.05) is 12.1 Å². The average Bonchev–Trinajstić information content (AvgIpc) is 2.54. The molecule has 5 heteroatoms. The van der Waals surface area contributed by atoms with Crippen LogP contribution in [-0.2, 0) is 0 Å². The molecule has 0 heterocycles. The Labute approximate surface area is 157 Å². The van der Waals surface area contributed by atoms with Crippen molar-refractivity contribution in [3.8, 4) is 0 Å². The molecule has 0 aromatic heterocycles. The van der Waals surface area contributed by atoms with Gasteiger partial charge < -0.3 is 16.0 Å². The van der Waals surface area contributed by atoms with Crippen molar-refractivity contribution in [2.45, 2.75) is 51.5 Å². The molecule has 1 saturated carbocycles. The molecule has 0 amide bonds. The first-order valence-electron chi connectivity index (χ1n) is 8.49. The summed E-state index contributed by atoms with van der Waals surface area (Å²) in [6.45, 7) is 3.96. The predicted molar refractivity (Wildman–Crippen MR) is 111 cm³/mol. The fourth-order valence-corrected chi connectivity index (χ4v) is 3.05. The Morgan fingerprint density at radius 3 is 2.52 bits per heavy atom. The molecule has 23 heavy (non-hydrogen) atoms. The van der Waals surface area contributed by atoms with Gasteiger partial charge in [-0.2, -0.15) is 0 Å². The van der Waals surface area contributed by atoms with Gasteiger partial charge in [0, 0.05) is 18.3 Å². The number of aliphatic imine (C=N–C) groups is 1. The number of nitrogens with one attached hydrogen (secondary N) is 1. The standard InChI is InChI=1S/C18H30N4.HI/c1-15-9-11-16(12-10-15)21-18(19)20-13-6-14-22(2)17-7-4-3-5-8-17;/h9-12,17H,3-8,13-14H2,1-2H3,(H3,19,20,21);1H. The molecule has 0 bridgehead atoms. The molecule has 2 rings (SSSR count). The van der Waals surface area contributed by atoms with E-state index in [1.54, 1.807) is 0 Å². The van der Waals surface area contributed by atoms with Crippen LogP contribution in [0.1, 0.15) is 44.1 Å². The van der Waals surface area contributed by atoms with Gasteiger partial charge in [-0.15, -0.1) is 24.0 Å². The van der Waals surface area contributed by atoms with E-state index in [-0.39, 0.29) is 24.0 Å². The largest absolute Gasteiger partial charge is 0.370 e. The molecule has 0 saturated heterocycles. The third-order valence-corrected chi connectivity index (χ3v) is 4.47. The van der Waals surface area contributed by atoms with Gasteiger partial charge in [-0.3, -0.25) is 4.99 Å². The van der Waals surface area contributed by atoms with E-state index in [1.165, 1.54) is 37.7 Å². The SMILES string of the molecule is Cc1ccc(NC(N)=NCCCN(C)C2CCCCC2)cc1.I. The molecule has 1 fully saturated rings. The van der Waals surface area contributed by atoms with Gasteiger partial charge in [0.25, 0.3) is 0 Å². The number of benzene rings is 1. The van der Waals surface area contributed by atoms with Gasteiger partial charge >= 0.3 is 0 Å². The first-order valence-corrected chi connectivity index (χ1v) is 8.49. The van der Waals surface area contributed by atoms with Crippen LogP contribution in [0.2, 0.25) is 0 Å². The molecular formula is C18H31IN4. The third kappa shape index (κ3) is 7.52. The lowest BCUT2D eigenvalue weighted by molar-refractivity contribution is 0.191. The molecular weight excluding hydrogens is 399 g/mol. The highest BCUT2D eigenvalue weighted by Crippen LogP contribution is 2.21. The number of anilines is 1. The molecule has 0 aliphatic heterocycles. The quantitative estimate of drug-likeness (QED) is 0.311. The molecule has 1 aliphatic rings. The number of rotatable bonds is 6. The summed E-state index contributed by atoms with van der Waals surface area (Å²) in [4.78, 5) is 6.91. The lowest BCUT2D eigenvalue weighted by Gasteiger charge is -2.30. The van der Waals surface area contributed by atoms with Crippen molar-refractivity contribution in [3.63, 3.8) is 0 Å². The summed E-state index contributed by atoms with van der Waals surface area (Å²) in [5, 5.41) is 3.13. The van der Waals surface area contributed by atoms with Crippen LogP contribution in [0, 0.1) is 6.92 Å². The monoisotopic (exact) mass is 430 g/mol. The highest BCUT2D eigenvalue weighted by Gasteiger charge is 2.16. The highest BCUT2D eigenvalue weighted by atomic mass is 127. The Balaban J connectivity index is 0.00000264. The summed E-state index contributed by atoms with van der Waals surface area (Å²) < 4.78 is 0. The zero-order valence-corrected chi connectivity index (χ0v) is 16.8. The van der Waals surface area contributed by atoms with Crippen LogP contribution in [0.3, 0.4) is 0 Å². The maximum atomic E-state index is 5.93. The van der Waals surface area contributed by atoms with Crippen molar-refractivity contribution in [2.75, 3.05) is 25.5 Å². The van der Waals surface area contributed by atoms with Crippen LogP contribution in [0.15, 0.2) is 29.3 Å². The van der Waals surface area contributed by atoms with Crippen molar-refractivity contribution in [3.05, 3.63) is 29.8 Å². The summed E-state index contributed by atoms with van der Waals surface area (Å²) in [6, 6.07) is 8.95. The Bertz CT molecular complexity index is 466. The van der Waals surface area contributed by atoms with Crippen molar-refractivity contribution in [2.24, 2.45) is 10.7 Å². The van der Waals surface area contributed by atoms with E-state index in [0.717, 1.165) is 31.2 Å². The van der Waals surface area contributed by atoms with Crippen LogP contribution >= 0.6 is 24.0 Å². The summed E-state index contributed by atoms with van der Waals surface area (Å²) in [5.74, 6) is 0.504. The highest BCUT2D eigenvalue weighted by molar-refractivity contribution is 14.0. The second-order valence-electron chi connectivity index (χ2n) is 6.38. The van der Waals surface area contributed by atoms with Gasteiger partial charge in [0.05, 0.1) is 0 Å². The molecule has 1 aromatic carbocycles. The minimum absolute atomic E-state index is 0. The minimum atomic E-state index is 0. The number of hydrogen-bond acceptors (Lipinski definition) is 2. The summed E-state index contributed by atoms with van der Waals surface area (Å²) >= 11 is 0. The molecule has 1 aromatic rings. The minimum Gasteiger partial charge on any atom is -0.370 e. The van der Waals surface area contributed by atoms with Gasteiger partial charge in [0.2, 0.25) is 0 Å². The number of aryl methyl sites for hydroxylation is 1. The van der Waals surface area contributed by atoms with E-state index < -0.39 is 0 Å². The van der Waals surface area contributed by atoms with Crippen LogP contribution in [-0.4, -0.2) is 37.0 Å². The van der Waals surface area contributed by atoms with Gasteiger partial charge in [0.1, 0.15) is 0 Å². The fourth-order valence-electron chi connectivity index (χ4n) is 3.05. The maximum absolute atomic E-state index is 5.93. The molecule has 4 nitrogen and oxygen atoms in total. The zero-order valence-electron chi connectivity index (χ0n) is 14.4. The maximum Gasteiger partial charge on any atom is 0.193 e. The average molecular weight is 430 g/mol. The molecule has 130 valence electrons. The van der Waals surface area contributed by atoms with E-state index in [2.05, 4.69) is 41.3 Å². The van der Waals surface area contributed by atoms with E-state index in [9.17, 15) is 0 Å². The molecule has 3 N–H and O–H groups in total. The number of halogens is 1. The number of guanidine groups is 1. The van der Waals surface area contributed by atoms with Gasteiger partial charge in [0.15, 0.2) is 5.96 Å². The number of hydrogen-bond donors (Lipinski definition) is 2. The molecule has 0 atom stereocenters. The van der Waals surface area contributed by atoms with Crippen LogP contribution < -0.4 is 11.1 Å². The first kappa shape index (κ1) is 20.2. The Hall–Kier alpha value is -0.820. The summed E-state index contributed by atoms with van der Waals surface area (Å²) in [6.07, 6.45) is 7.97. The molecule has 1 aliphatic carbocycles. The van der Waals surface area contributed by atoms with Gasteiger partial charge in [-0.05, 0) is 51.9 Å². The fraction of sp³-hybridized carbons (Fsp3) is 0.611. The first-order chi connectivity index (χ1) is 10.6. The van der Waals surface area contributed by atoms with Gasteiger partial charge in [-0.25, -0.2) is 0 Å². The Morgan fingerprint density at radius 2 is 1.87 bits per heavy atom. The molecule has 0 spiro atoms. The summed E-state index contributed by atoms with van der Waals surface area (Å²) in [5.41, 5.74) is 8.16. The second kappa shape index (κ2) is 10.9. The van der Waals surface area contributed by atoms with Crippen molar-refractivity contribution in [1.29, 1.82) is 0 Å². The van der Waals surface area contributed by atoms with Crippen molar-refractivity contribution in [1.82, 2.24) is 4.90 Å². The molecule has 0 radical (unpaired) electrons. The smallest absolute Gasteiger partial charge is 0.193 e. The van der Waals surface area contributed by atoms with E-state index in [4.69, 9.17) is 5.73 Å². The topological polar surface area (TPSA) is 53.6 Å². The van der Waals surface area contributed by atoms with E-state index >= 15 is 0 Å². The summed E-state index contributed by atoms with van der Waals surface area (Å²) in [7, 11) is 2.24. The Kier molecular flexibility index (Phi) is 9.55.